The van der Waals surface area contributed by atoms with E-state index in [4.69, 9.17) is 23.7 Å². The normalized spacial score (nSPS) is 10.1. The van der Waals surface area contributed by atoms with Gasteiger partial charge in [-0.2, -0.15) is 0 Å². The van der Waals surface area contributed by atoms with Gasteiger partial charge >= 0.3 is 5.97 Å². The van der Waals surface area contributed by atoms with Crippen molar-refractivity contribution in [2.75, 3.05) is 42.1 Å². The number of hydrogen-bond donors (Lipinski definition) is 0. The Kier molecular flexibility index (Phi) is 7.70. The molecule has 0 bridgehead atoms. The monoisotopic (exact) mass is 403 g/mol. The number of ether oxygens (including phenoxy) is 5. The van der Waals surface area contributed by atoms with Crippen molar-refractivity contribution in [3.63, 3.8) is 0 Å². The standard InChI is InChI=1S/C21H25NO7/c1-25-16-8-14(9-17(11-16)26-2)12-22(13-20(23)29-5)21(24)15-6-7-18(27-3)19(10-15)28-4/h6-11H,12-13H2,1-5H3. The molecule has 0 saturated carbocycles. The van der Waals surface area contributed by atoms with E-state index >= 15 is 0 Å². The Bertz CT molecular complexity index is 844. The van der Waals surface area contributed by atoms with Crippen molar-refractivity contribution < 1.29 is 33.3 Å². The van der Waals surface area contributed by atoms with E-state index in [1.807, 2.05) is 0 Å². The van der Waals surface area contributed by atoms with Gasteiger partial charge in [-0.3, -0.25) is 9.59 Å². The first-order valence-corrected chi connectivity index (χ1v) is 8.75. The fraction of sp³-hybridized carbons (Fsp3) is 0.333. The SMILES string of the molecule is COC(=O)CN(Cc1cc(OC)cc(OC)c1)C(=O)c1ccc(OC)c(OC)c1. The summed E-state index contributed by atoms with van der Waals surface area (Å²) >= 11 is 0. The maximum Gasteiger partial charge on any atom is 0.325 e. The zero-order valence-electron chi connectivity index (χ0n) is 17.2. The van der Waals surface area contributed by atoms with E-state index in [-0.39, 0.29) is 19.0 Å². The van der Waals surface area contributed by atoms with Gasteiger partial charge in [0.1, 0.15) is 18.0 Å². The Labute approximate surface area is 169 Å². The van der Waals surface area contributed by atoms with Gasteiger partial charge in [0.05, 0.1) is 35.5 Å². The average molecular weight is 403 g/mol. The molecule has 8 heteroatoms. The third kappa shape index (κ3) is 5.54. The van der Waals surface area contributed by atoms with Gasteiger partial charge < -0.3 is 28.6 Å². The van der Waals surface area contributed by atoms with Crippen LogP contribution < -0.4 is 18.9 Å². The fourth-order valence-corrected chi connectivity index (χ4v) is 2.75. The topological polar surface area (TPSA) is 83.5 Å². The summed E-state index contributed by atoms with van der Waals surface area (Å²) in [5, 5.41) is 0. The predicted molar refractivity (Wildman–Crippen MR) is 106 cm³/mol. The average Bonchev–Trinajstić information content (AvgIpc) is 2.76. The molecule has 0 radical (unpaired) electrons. The van der Waals surface area contributed by atoms with Crippen LogP contribution in [0.3, 0.4) is 0 Å². The predicted octanol–water partition coefficient (Wildman–Crippen LogP) is 2.54. The van der Waals surface area contributed by atoms with Crippen LogP contribution in [0.2, 0.25) is 0 Å². The van der Waals surface area contributed by atoms with Crippen molar-refractivity contribution in [3.05, 3.63) is 47.5 Å². The molecule has 0 fully saturated rings. The highest BCUT2D eigenvalue weighted by atomic mass is 16.5. The molecule has 2 rings (SSSR count). The Hall–Kier alpha value is -3.42. The summed E-state index contributed by atoms with van der Waals surface area (Å²) in [6.45, 7) is -0.0704. The molecule has 2 aromatic carbocycles. The zero-order valence-corrected chi connectivity index (χ0v) is 17.2. The van der Waals surface area contributed by atoms with Gasteiger partial charge in [0.2, 0.25) is 0 Å². The number of carbonyl (C=O) groups is 2. The molecule has 2 aromatic rings. The molecular formula is C21H25NO7. The van der Waals surface area contributed by atoms with Gasteiger partial charge in [0, 0.05) is 18.2 Å². The molecular weight excluding hydrogens is 378 g/mol. The largest absolute Gasteiger partial charge is 0.497 e. The second-order valence-electron chi connectivity index (χ2n) is 6.03. The maximum atomic E-state index is 13.1. The van der Waals surface area contributed by atoms with Gasteiger partial charge in [-0.15, -0.1) is 0 Å². The summed E-state index contributed by atoms with van der Waals surface area (Å²) in [6.07, 6.45) is 0. The number of nitrogens with zero attached hydrogens (tertiary/aromatic N) is 1. The van der Waals surface area contributed by atoms with Gasteiger partial charge in [0.15, 0.2) is 11.5 Å². The lowest BCUT2D eigenvalue weighted by Crippen LogP contribution is -2.35. The molecule has 0 aliphatic heterocycles. The van der Waals surface area contributed by atoms with Crippen LogP contribution in [-0.2, 0) is 16.1 Å². The van der Waals surface area contributed by atoms with E-state index < -0.39 is 5.97 Å². The molecule has 29 heavy (non-hydrogen) atoms. The van der Waals surface area contributed by atoms with Crippen LogP contribution in [-0.4, -0.2) is 58.9 Å². The van der Waals surface area contributed by atoms with Gasteiger partial charge in [-0.05, 0) is 35.9 Å². The number of rotatable bonds is 9. The lowest BCUT2D eigenvalue weighted by Gasteiger charge is -2.23. The number of benzene rings is 2. The third-order valence-electron chi connectivity index (χ3n) is 4.25. The quantitative estimate of drug-likeness (QED) is 0.595. The van der Waals surface area contributed by atoms with Crippen molar-refractivity contribution in [3.8, 4) is 23.0 Å². The molecule has 0 N–H and O–H groups in total. The van der Waals surface area contributed by atoms with Crippen LogP contribution >= 0.6 is 0 Å². The van der Waals surface area contributed by atoms with Crippen LogP contribution in [0.5, 0.6) is 23.0 Å². The Morgan fingerprint density at radius 1 is 0.793 bits per heavy atom. The van der Waals surface area contributed by atoms with Crippen LogP contribution in [0.25, 0.3) is 0 Å². The lowest BCUT2D eigenvalue weighted by atomic mass is 10.1. The minimum atomic E-state index is -0.534. The lowest BCUT2D eigenvalue weighted by molar-refractivity contribution is -0.141. The zero-order chi connectivity index (χ0) is 21.4. The summed E-state index contributed by atoms with van der Waals surface area (Å²) in [6, 6.07) is 10.1. The minimum absolute atomic E-state index is 0.149. The smallest absolute Gasteiger partial charge is 0.325 e. The van der Waals surface area contributed by atoms with Crippen LogP contribution in [0.4, 0.5) is 0 Å². The van der Waals surface area contributed by atoms with Crippen molar-refractivity contribution in [1.82, 2.24) is 4.90 Å². The number of hydrogen-bond acceptors (Lipinski definition) is 7. The second-order valence-corrected chi connectivity index (χ2v) is 6.03. The molecule has 0 spiro atoms. The fourth-order valence-electron chi connectivity index (χ4n) is 2.75. The maximum absolute atomic E-state index is 13.1. The summed E-state index contributed by atoms with van der Waals surface area (Å²) in [7, 11) is 7.36. The molecule has 0 aliphatic carbocycles. The molecule has 0 aliphatic rings. The van der Waals surface area contributed by atoms with Gasteiger partial charge in [-0.1, -0.05) is 0 Å². The van der Waals surface area contributed by atoms with Crippen LogP contribution in [0, 0.1) is 0 Å². The molecule has 0 atom stereocenters. The first-order valence-electron chi connectivity index (χ1n) is 8.75. The summed E-state index contributed by atoms with van der Waals surface area (Å²) in [5.41, 5.74) is 1.08. The van der Waals surface area contributed by atoms with E-state index in [1.54, 1.807) is 50.6 Å². The summed E-state index contributed by atoms with van der Waals surface area (Å²) in [4.78, 5) is 26.4. The van der Waals surface area contributed by atoms with E-state index in [2.05, 4.69) is 0 Å². The van der Waals surface area contributed by atoms with Crippen molar-refractivity contribution in [2.45, 2.75) is 6.54 Å². The first-order chi connectivity index (χ1) is 13.9. The Morgan fingerprint density at radius 3 is 1.93 bits per heavy atom. The number of carbonyl (C=O) groups excluding carboxylic acids is 2. The molecule has 0 unspecified atom stereocenters. The second kappa shape index (κ2) is 10.2. The van der Waals surface area contributed by atoms with Gasteiger partial charge in [0.25, 0.3) is 5.91 Å². The van der Waals surface area contributed by atoms with Crippen LogP contribution in [0.1, 0.15) is 15.9 Å². The molecule has 8 nitrogen and oxygen atoms in total. The molecule has 0 saturated heterocycles. The molecule has 156 valence electrons. The summed E-state index contributed by atoms with van der Waals surface area (Å²) < 4.78 is 25.8. The van der Waals surface area contributed by atoms with Crippen LogP contribution in [0.15, 0.2) is 36.4 Å². The van der Waals surface area contributed by atoms with Crippen molar-refractivity contribution >= 4 is 11.9 Å². The Balaban J connectivity index is 2.37. The Morgan fingerprint density at radius 2 is 1.41 bits per heavy atom. The van der Waals surface area contributed by atoms with Crippen molar-refractivity contribution in [1.29, 1.82) is 0 Å². The summed E-state index contributed by atoms with van der Waals surface area (Å²) in [5.74, 6) is 1.18. The van der Waals surface area contributed by atoms with E-state index in [9.17, 15) is 9.59 Å². The highest BCUT2D eigenvalue weighted by Crippen LogP contribution is 2.29. The highest BCUT2D eigenvalue weighted by molar-refractivity contribution is 5.96. The number of amides is 1. The minimum Gasteiger partial charge on any atom is -0.497 e. The van der Waals surface area contributed by atoms with E-state index in [0.29, 0.717) is 28.6 Å². The number of esters is 1. The molecule has 0 aromatic heterocycles. The van der Waals surface area contributed by atoms with Crippen molar-refractivity contribution in [2.24, 2.45) is 0 Å². The first kappa shape index (κ1) is 21.9. The highest BCUT2D eigenvalue weighted by Gasteiger charge is 2.22. The number of methoxy groups -OCH3 is 5. The van der Waals surface area contributed by atoms with E-state index in [0.717, 1.165) is 5.56 Å². The third-order valence-corrected chi connectivity index (χ3v) is 4.25. The molecule has 0 heterocycles. The molecule has 1 amide bonds. The van der Waals surface area contributed by atoms with E-state index in [1.165, 1.54) is 26.2 Å². The van der Waals surface area contributed by atoms with Gasteiger partial charge in [-0.25, -0.2) is 0 Å².